The lowest BCUT2D eigenvalue weighted by molar-refractivity contribution is -0.173. The highest BCUT2D eigenvalue weighted by Crippen LogP contribution is 2.41. The van der Waals surface area contributed by atoms with Gasteiger partial charge in [0, 0.05) is 11.1 Å². The van der Waals surface area contributed by atoms with E-state index in [1.165, 1.54) is 22.7 Å². The Hall–Kier alpha value is -3.39. The van der Waals surface area contributed by atoms with Crippen molar-refractivity contribution < 1.29 is 33.5 Å². The molecule has 0 spiro atoms. The Morgan fingerprint density at radius 2 is 2.08 bits per heavy atom. The van der Waals surface area contributed by atoms with Crippen LogP contribution in [0, 0.1) is 5.41 Å². The van der Waals surface area contributed by atoms with Crippen LogP contribution >= 0.6 is 23.1 Å². The molecule has 0 radical (unpaired) electrons. The van der Waals surface area contributed by atoms with Gasteiger partial charge in [-0.3, -0.25) is 19.3 Å². The second-order valence-electron chi connectivity index (χ2n) is 8.60. The van der Waals surface area contributed by atoms with E-state index in [9.17, 15) is 19.2 Å². The smallest absolute Gasteiger partial charge is 0.358 e. The number of nitrogens with one attached hydrogen (secondary N) is 1. The van der Waals surface area contributed by atoms with Crippen LogP contribution in [-0.2, 0) is 33.5 Å². The number of nitrogens with two attached hydrogens (primary N) is 1. The number of thiazole rings is 1. The molecular weight excluding hydrogens is 510 g/mol. The number of ether oxygens (including phenoxy) is 2. The van der Waals surface area contributed by atoms with Gasteiger partial charge >= 0.3 is 11.9 Å². The van der Waals surface area contributed by atoms with E-state index in [4.69, 9.17) is 20.0 Å². The molecule has 0 saturated carbocycles. The molecule has 0 bridgehead atoms. The van der Waals surface area contributed by atoms with Gasteiger partial charge in [-0.05, 0) is 33.3 Å². The number of anilines is 1. The van der Waals surface area contributed by atoms with E-state index in [1.807, 2.05) is 0 Å². The molecule has 1 saturated heterocycles. The van der Waals surface area contributed by atoms with Crippen molar-refractivity contribution in [1.29, 1.82) is 0 Å². The number of aromatic nitrogens is 1. The van der Waals surface area contributed by atoms with Gasteiger partial charge in [0.15, 0.2) is 10.8 Å². The van der Waals surface area contributed by atoms with Crippen molar-refractivity contribution >= 4 is 57.7 Å². The maximum atomic E-state index is 13.0. The quantitative estimate of drug-likeness (QED) is 0.155. The first-order valence-electron chi connectivity index (χ1n) is 10.9. The number of amides is 2. The lowest BCUT2D eigenvalue weighted by atomic mass is 9.98. The number of oxime groups is 1. The molecule has 2 unspecified atom stereocenters. The predicted octanol–water partition coefficient (Wildman–Crippen LogP) is 1.40. The number of hydrogen-bond acceptors (Lipinski definition) is 12. The number of β-lactam (4-membered cyclic amide) rings is 1. The minimum absolute atomic E-state index is 0.00783. The van der Waals surface area contributed by atoms with Crippen molar-refractivity contribution in [1.82, 2.24) is 15.2 Å². The Balaban J connectivity index is 1.71. The summed E-state index contributed by atoms with van der Waals surface area (Å²) in [6.07, 6.45) is 1.46. The van der Waals surface area contributed by atoms with Crippen molar-refractivity contribution in [3.63, 3.8) is 0 Å². The summed E-state index contributed by atoms with van der Waals surface area (Å²) >= 11 is 2.48. The number of esters is 2. The molecule has 1 aromatic heterocycles. The molecule has 2 aliphatic heterocycles. The molecular formula is C22H27N5O7S2. The lowest BCUT2D eigenvalue weighted by Gasteiger charge is -2.49. The predicted molar refractivity (Wildman–Crippen MR) is 133 cm³/mol. The molecule has 3 heterocycles. The maximum Gasteiger partial charge on any atom is 0.358 e. The standard InChI is InChI=1S/C22H27N5O7S2/c1-6-11-8-35-18-14(25-16(28)13(26-34-7-2)12-9-36-21(23)24-12)17(29)27(18)15(11)19(30)32-10-33-20(31)22(3,4)5/h6,9,14,18H,1,7-8,10H2,2-5H3,(H2,23,24)(H,25,28)/b26-13+. The van der Waals surface area contributed by atoms with E-state index in [0.29, 0.717) is 11.3 Å². The summed E-state index contributed by atoms with van der Waals surface area (Å²) in [5.74, 6) is -2.23. The van der Waals surface area contributed by atoms with Gasteiger partial charge in [-0.25, -0.2) is 9.78 Å². The Labute approximate surface area is 215 Å². The topological polar surface area (TPSA) is 163 Å². The number of allylic oxidation sites excluding steroid dienone is 1. The van der Waals surface area contributed by atoms with Crippen LogP contribution in [0.1, 0.15) is 33.4 Å². The molecule has 14 heteroatoms. The molecule has 0 aromatic carbocycles. The fourth-order valence-electron chi connectivity index (χ4n) is 3.15. The summed E-state index contributed by atoms with van der Waals surface area (Å²) < 4.78 is 10.1. The van der Waals surface area contributed by atoms with Gasteiger partial charge in [0.25, 0.3) is 11.8 Å². The van der Waals surface area contributed by atoms with Crippen molar-refractivity contribution in [3.05, 3.63) is 35.0 Å². The number of rotatable bonds is 9. The van der Waals surface area contributed by atoms with Crippen LogP contribution in [0.15, 0.2) is 34.5 Å². The average molecular weight is 538 g/mol. The van der Waals surface area contributed by atoms with E-state index in [0.717, 1.165) is 11.3 Å². The highest BCUT2D eigenvalue weighted by molar-refractivity contribution is 8.00. The van der Waals surface area contributed by atoms with E-state index in [2.05, 4.69) is 22.0 Å². The monoisotopic (exact) mass is 537 g/mol. The van der Waals surface area contributed by atoms with Crippen LogP contribution in [0.3, 0.4) is 0 Å². The minimum Gasteiger partial charge on any atom is -0.427 e. The van der Waals surface area contributed by atoms with Gasteiger partial charge in [-0.2, -0.15) is 0 Å². The highest BCUT2D eigenvalue weighted by atomic mass is 32.2. The maximum absolute atomic E-state index is 13.0. The molecule has 12 nitrogen and oxygen atoms in total. The molecule has 2 aliphatic rings. The first kappa shape index (κ1) is 27.2. The number of nitrogen functional groups attached to an aromatic ring is 1. The zero-order chi connectivity index (χ0) is 26.6. The summed E-state index contributed by atoms with van der Waals surface area (Å²) in [7, 11) is 0. The summed E-state index contributed by atoms with van der Waals surface area (Å²) in [5, 5.41) is 7.69. The third-order valence-electron chi connectivity index (χ3n) is 4.98. The van der Waals surface area contributed by atoms with Crippen LogP contribution < -0.4 is 11.1 Å². The number of nitrogens with zero attached hydrogens (tertiary/aromatic N) is 3. The Morgan fingerprint density at radius 1 is 1.36 bits per heavy atom. The average Bonchev–Trinajstić information content (AvgIpc) is 3.26. The Kier molecular flexibility index (Phi) is 8.40. The van der Waals surface area contributed by atoms with Crippen LogP contribution in [0.4, 0.5) is 5.13 Å². The second-order valence-corrected chi connectivity index (χ2v) is 10.6. The lowest BCUT2D eigenvalue weighted by Crippen LogP contribution is -2.71. The molecule has 194 valence electrons. The van der Waals surface area contributed by atoms with Crippen molar-refractivity contribution in [2.75, 3.05) is 24.9 Å². The second kappa shape index (κ2) is 11.1. The SMILES string of the molecule is C=CC1=C(C(=O)OCOC(=O)C(C)(C)C)N2C(=O)C(NC(=O)/C(=N/OCC)c3csc(N)n3)C2SC1. The normalized spacial score (nSPS) is 19.7. The van der Waals surface area contributed by atoms with Crippen molar-refractivity contribution in [2.24, 2.45) is 10.6 Å². The van der Waals surface area contributed by atoms with Gasteiger partial charge in [0.1, 0.15) is 29.4 Å². The van der Waals surface area contributed by atoms with Gasteiger partial charge in [0.05, 0.1) is 5.41 Å². The van der Waals surface area contributed by atoms with E-state index < -0.39 is 47.4 Å². The molecule has 36 heavy (non-hydrogen) atoms. The number of hydrogen-bond donors (Lipinski definition) is 2. The first-order valence-corrected chi connectivity index (χ1v) is 12.8. The fourth-order valence-corrected chi connectivity index (χ4v) is 5.04. The van der Waals surface area contributed by atoms with Gasteiger partial charge in [-0.15, -0.1) is 23.1 Å². The Morgan fingerprint density at radius 3 is 2.67 bits per heavy atom. The molecule has 1 fully saturated rings. The van der Waals surface area contributed by atoms with Gasteiger partial charge < -0.3 is 25.4 Å². The van der Waals surface area contributed by atoms with Crippen LogP contribution in [0.25, 0.3) is 0 Å². The molecule has 2 amide bonds. The van der Waals surface area contributed by atoms with Crippen LogP contribution in [-0.4, -0.2) is 69.9 Å². The highest BCUT2D eigenvalue weighted by Gasteiger charge is 2.54. The zero-order valence-corrected chi connectivity index (χ0v) is 21.9. The number of thioether (sulfide) groups is 1. The molecule has 3 N–H and O–H groups in total. The molecule has 1 aromatic rings. The van der Waals surface area contributed by atoms with Crippen LogP contribution in [0.2, 0.25) is 0 Å². The van der Waals surface area contributed by atoms with Crippen LogP contribution in [0.5, 0.6) is 0 Å². The van der Waals surface area contributed by atoms with E-state index in [-0.39, 0.29) is 28.8 Å². The fraction of sp³-hybridized carbons (Fsp3) is 0.455. The third kappa shape index (κ3) is 5.70. The molecule has 0 aliphatic carbocycles. The summed E-state index contributed by atoms with van der Waals surface area (Å²) in [6.45, 7) is 10.0. The van der Waals surface area contributed by atoms with Gasteiger partial charge in [0.2, 0.25) is 6.79 Å². The summed E-state index contributed by atoms with van der Waals surface area (Å²) in [5.41, 5.74) is 5.47. The third-order valence-corrected chi connectivity index (χ3v) is 6.96. The van der Waals surface area contributed by atoms with E-state index >= 15 is 0 Å². The van der Waals surface area contributed by atoms with E-state index in [1.54, 1.807) is 33.1 Å². The van der Waals surface area contributed by atoms with Crippen molar-refractivity contribution in [3.8, 4) is 0 Å². The minimum atomic E-state index is -0.932. The number of fused-ring (bicyclic) bond motifs is 1. The molecule has 2 atom stereocenters. The zero-order valence-electron chi connectivity index (χ0n) is 20.2. The summed E-state index contributed by atoms with van der Waals surface area (Å²) in [6, 6.07) is -0.932. The summed E-state index contributed by atoms with van der Waals surface area (Å²) in [4.78, 5) is 61.0. The molecule has 3 rings (SSSR count). The van der Waals surface area contributed by atoms with Gasteiger partial charge in [-0.1, -0.05) is 17.8 Å². The number of carbonyl (C=O) groups excluding carboxylic acids is 4. The van der Waals surface area contributed by atoms with Crippen molar-refractivity contribution in [2.45, 2.75) is 39.1 Å². The first-order chi connectivity index (χ1) is 17.0. The largest absolute Gasteiger partial charge is 0.427 e. The Bertz CT molecular complexity index is 1140. The number of carbonyl (C=O) groups is 4.